The normalized spacial score (nSPS) is 15.2. The van der Waals surface area contributed by atoms with Crippen LogP contribution < -0.4 is 0 Å². The summed E-state index contributed by atoms with van der Waals surface area (Å²) in [5, 5.41) is 1.28. The molecular formula is C13H10ClN3O. The molecule has 0 aliphatic heterocycles. The first kappa shape index (κ1) is 10.3. The molecule has 0 amide bonds. The van der Waals surface area contributed by atoms with Crippen molar-refractivity contribution < 1.29 is 4.42 Å². The molecule has 3 heterocycles. The van der Waals surface area contributed by atoms with E-state index in [1.54, 1.807) is 0 Å². The van der Waals surface area contributed by atoms with Crippen molar-refractivity contribution in [1.29, 1.82) is 0 Å². The van der Waals surface area contributed by atoms with Gasteiger partial charge in [-0.3, -0.25) is 0 Å². The van der Waals surface area contributed by atoms with Gasteiger partial charge in [-0.1, -0.05) is 11.6 Å². The average Bonchev–Trinajstić information content (AvgIpc) is 2.76. The van der Waals surface area contributed by atoms with Gasteiger partial charge in [-0.05, 0) is 37.3 Å². The van der Waals surface area contributed by atoms with E-state index in [0.29, 0.717) is 16.4 Å². The zero-order valence-corrected chi connectivity index (χ0v) is 10.4. The number of fused-ring (bicyclic) bond motifs is 4. The monoisotopic (exact) mass is 259 g/mol. The third kappa shape index (κ3) is 1.35. The molecule has 0 unspecified atom stereocenters. The summed E-state index contributed by atoms with van der Waals surface area (Å²) in [6.07, 6.45) is 6.00. The predicted octanol–water partition coefficient (Wildman–Crippen LogP) is 3.30. The highest BCUT2D eigenvalue weighted by Gasteiger charge is 2.17. The van der Waals surface area contributed by atoms with Gasteiger partial charge in [-0.15, -0.1) is 0 Å². The molecule has 1 aliphatic rings. The Morgan fingerprint density at radius 2 is 2.06 bits per heavy atom. The lowest BCUT2D eigenvalue weighted by molar-refractivity contribution is 0.631. The number of hydrogen-bond acceptors (Lipinski definition) is 4. The predicted molar refractivity (Wildman–Crippen MR) is 68.8 cm³/mol. The van der Waals surface area contributed by atoms with Crippen molar-refractivity contribution in [2.75, 3.05) is 0 Å². The lowest BCUT2D eigenvalue weighted by Gasteiger charge is -2.13. The molecule has 3 aromatic rings. The molecule has 0 aromatic carbocycles. The van der Waals surface area contributed by atoms with Gasteiger partial charge in [-0.2, -0.15) is 0 Å². The maximum absolute atomic E-state index is 6.02. The Hall–Kier alpha value is -1.68. The second-order valence-corrected chi connectivity index (χ2v) is 4.96. The Morgan fingerprint density at radius 1 is 1.17 bits per heavy atom. The third-order valence-electron chi connectivity index (χ3n) is 3.48. The van der Waals surface area contributed by atoms with Crippen molar-refractivity contribution in [2.45, 2.75) is 25.7 Å². The second-order valence-electron chi connectivity index (χ2n) is 4.60. The first-order valence-corrected chi connectivity index (χ1v) is 6.42. The maximum atomic E-state index is 6.02. The maximum Gasteiger partial charge on any atom is 0.229 e. The SMILES string of the molecule is Clc1ncnc2c1oc1nc3c(cc12)CCCC3. The quantitative estimate of drug-likeness (QED) is 0.581. The number of furan rings is 1. The molecule has 1 aliphatic carbocycles. The van der Waals surface area contributed by atoms with Gasteiger partial charge in [0.25, 0.3) is 0 Å². The van der Waals surface area contributed by atoms with Crippen molar-refractivity contribution in [2.24, 2.45) is 0 Å². The molecule has 0 saturated heterocycles. The molecule has 5 heteroatoms. The molecule has 3 aromatic heterocycles. The Balaban J connectivity index is 2.12. The summed E-state index contributed by atoms with van der Waals surface area (Å²) >= 11 is 6.02. The second kappa shape index (κ2) is 3.65. The number of halogens is 1. The topological polar surface area (TPSA) is 51.8 Å². The van der Waals surface area contributed by atoms with Gasteiger partial charge in [0.1, 0.15) is 11.8 Å². The summed E-state index contributed by atoms with van der Waals surface area (Å²) in [6.45, 7) is 0. The van der Waals surface area contributed by atoms with Crippen molar-refractivity contribution >= 4 is 33.8 Å². The fourth-order valence-electron chi connectivity index (χ4n) is 2.59. The van der Waals surface area contributed by atoms with Crippen LogP contribution in [0.15, 0.2) is 16.8 Å². The van der Waals surface area contributed by atoms with E-state index in [1.165, 1.54) is 24.7 Å². The van der Waals surface area contributed by atoms with Crippen LogP contribution in [0, 0.1) is 0 Å². The van der Waals surface area contributed by atoms with Crippen LogP contribution in [0.3, 0.4) is 0 Å². The van der Waals surface area contributed by atoms with Crippen LogP contribution in [0.4, 0.5) is 0 Å². The van der Waals surface area contributed by atoms with E-state index in [1.807, 2.05) is 0 Å². The zero-order valence-electron chi connectivity index (χ0n) is 9.61. The summed E-state index contributed by atoms with van der Waals surface area (Å²) in [5.74, 6) is 0. The van der Waals surface area contributed by atoms with Crippen molar-refractivity contribution in [3.63, 3.8) is 0 Å². The van der Waals surface area contributed by atoms with Crippen LogP contribution >= 0.6 is 11.6 Å². The standard InChI is InChI=1S/C13H10ClN3O/c14-12-11-10(15-6-16-12)8-5-7-3-1-2-4-9(7)17-13(8)18-11/h5-6H,1-4H2. The van der Waals surface area contributed by atoms with Crippen molar-refractivity contribution in [1.82, 2.24) is 15.0 Å². The molecule has 18 heavy (non-hydrogen) atoms. The van der Waals surface area contributed by atoms with E-state index < -0.39 is 0 Å². The minimum atomic E-state index is 0.343. The van der Waals surface area contributed by atoms with Crippen LogP contribution in [0.2, 0.25) is 5.15 Å². The summed E-state index contributed by atoms with van der Waals surface area (Å²) in [5.41, 5.74) is 4.37. The summed E-state index contributed by atoms with van der Waals surface area (Å²) in [7, 11) is 0. The fraction of sp³-hybridized carbons (Fsp3) is 0.308. The highest BCUT2D eigenvalue weighted by Crippen LogP contribution is 2.32. The third-order valence-corrected chi connectivity index (χ3v) is 3.75. The number of aromatic nitrogens is 3. The smallest absolute Gasteiger partial charge is 0.229 e. The van der Waals surface area contributed by atoms with Crippen LogP contribution in [-0.4, -0.2) is 15.0 Å². The largest absolute Gasteiger partial charge is 0.433 e. The molecule has 0 bridgehead atoms. The molecular weight excluding hydrogens is 250 g/mol. The van der Waals surface area contributed by atoms with Gasteiger partial charge in [0.05, 0.1) is 5.39 Å². The van der Waals surface area contributed by atoms with Gasteiger partial charge in [-0.25, -0.2) is 15.0 Å². The van der Waals surface area contributed by atoms with Gasteiger partial charge < -0.3 is 4.42 Å². The Bertz CT molecular complexity index is 766. The van der Waals surface area contributed by atoms with E-state index in [9.17, 15) is 0 Å². The summed E-state index contributed by atoms with van der Waals surface area (Å²) < 4.78 is 5.68. The minimum absolute atomic E-state index is 0.343. The molecule has 0 spiro atoms. The minimum Gasteiger partial charge on any atom is -0.433 e. The highest BCUT2D eigenvalue weighted by atomic mass is 35.5. The lowest BCUT2D eigenvalue weighted by atomic mass is 9.95. The number of nitrogens with zero attached hydrogens (tertiary/aromatic N) is 3. The van der Waals surface area contributed by atoms with Gasteiger partial charge >= 0.3 is 0 Å². The van der Waals surface area contributed by atoms with Gasteiger partial charge in [0, 0.05) is 5.69 Å². The summed E-state index contributed by atoms with van der Waals surface area (Å²) in [6, 6.07) is 2.14. The Labute approximate surface area is 108 Å². The van der Waals surface area contributed by atoms with E-state index in [-0.39, 0.29) is 0 Å². The molecule has 4 nitrogen and oxygen atoms in total. The molecule has 0 radical (unpaired) electrons. The van der Waals surface area contributed by atoms with E-state index in [0.717, 1.165) is 29.4 Å². The van der Waals surface area contributed by atoms with Crippen molar-refractivity contribution in [3.8, 4) is 0 Å². The van der Waals surface area contributed by atoms with E-state index >= 15 is 0 Å². The number of pyridine rings is 1. The molecule has 0 saturated carbocycles. The molecule has 0 atom stereocenters. The zero-order chi connectivity index (χ0) is 12.1. The van der Waals surface area contributed by atoms with Crippen LogP contribution in [0.1, 0.15) is 24.1 Å². The van der Waals surface area contributed by atoms with E-state index in [4.69, 9.17) is 16.0 Å². The number of aryl methyl sites for hydroxylation is 2. The highest BCUT2D eigenvalue weighted by molar-refractivity contribution is 6.34. The van der Waals surface area contributed by atoms with Gasteiger partial charge in [0.2, 0.25) is 5.71 Å². The number of hydrogen-bond donors (Lipinski definition) is 0. The lowest BCUT2D eigenvalue weighted by Crippen LogP contribution is -2.04. The molecule has 90 valence electrons. The van der Waals surface area contributed by atoms with Gasteiger partial charge in [0.15, 0.2) is 10.7 Å². The first-order chi connectivity index (χ1) is 8.83. The Morgan fingerprint density at radius 3 is 3.00 bits per heavy atom. The average molecular weight is 260 g/mol. The van der Waals surface area contributed by atoms with Crippen molar-refractivity contribution in [3.05, 3.63) is 28.8 Å². The summed E-state index contributed by atoms with van der Waals surface area (Å²) in [4.78, 5) is 12.8. The van der Waals surface area contributed by atoms with Crippen LogP contribution in [0.5, 0.6) is 0 Å². The molecule has 0 N–H and O–H groups in total. The molecule has 4 rings (SSSR count). The van der Waals surface area contributed by atoms with Crippen LogP contribution in [-0.2, 0) is 12.8 Å². The fourth-order valence-corrected chi connectivity index (χ4v) is 2.77. The molecule has 0 fully saturated rings. The number of rotatable bonds is 0. The first-order valence-electron chi connectivity index (χ1n) is 6.04. The van der Waals surface area contributed by atoms with E-state index in [2.05, 4.69) is 21.0 Å². The Kier molecular flexibility index (Phi) is 2.08. The van der Waals surface area contributed by atoms with Crippen LogP contribution in [0.25, 0.3) is 22.2 Å².